The van der Waals surface area contributed by atoms with Crippen LogP contribution < -0.4 is 0 Å². The van der Waals surface area contributed by atoms with Gasteiger partial charge in [-0.1, -0.05) is 0 Å². The van der Waals surface area contributed by atoms with Crippen molar-refractivity contribution in [1.29, 1.82) is 0 Å². The summed E-state index contributed by atoms with van der Waals surface area (Å²) in [5, 5.41) is 38.1. The second kappa shape index (κ2) is 5.66. The number of hydrogen-bond donors (Lipinski definition) is 4. The van der Waals surface area contributed by atoms with Crippen molar-refractivity contribution in [1.82, 2.24) is 0 Å². The number of esters is 1. The Morgan fingerprint density at radius 1 is 1.20 bits per heavy atom. The van der Waals surface area contributed by atoms with E-state index in [2.05, 4.69) is 0 Å². The zero-order chi connectivity index (χ0) is 15.0. The van der Waals surface area contributed by atoms with E-state index in [1.54, 1.807) is 13.8 Å². The zero-order valence-electron chi connectivity index (χ0n) is 11.1. The summed E-state index contributed by atoms with van der Waals surface area (Å²) in [6.07, 6.45) is -7.50. The van der Waals surface area contributed by atoms with Crippen LogP contribution in [0.25, 0.3) is 0 Å². The molecule has 0 amide bonds. The highest BCUT2D eigenvalue weighted by Gasteiger charge is 2.46. The highest BCUT2D eigenvalue weighted by molar-refractivity contribution is 5.89. The summed E-state index contributed by atoms with van der Waals surface area (Å²) in [6.45, 7) is 2.73. The number of carbonyl (C=O) groups excluding carboxylic acids is 1. The fourth-order valence-electron chi connectivity index (χ4n) is 2.07. The molecule has 1 saturated heterocycles. The molecule has 0 aromatic rings. The third-order valence-electron chi connectivity index (χ3n) is 3.52. The van der Waals surface area contributed by atoms with E-state index < -0.39 is 49.4 Å². The van der Waals surface area contributed by atoms with Crippen LogP contribution in [0.2, 0.25) is 0 Å². The van der Waals surface area contributed by atoms with Crippen LogP contribution in [-0.4, -0.2) is 69.8 Å². The molecule has 0 aromatic heterocycles. The molecule has 4 N–H and O–H groups in total. The number of ether oxygens (including phenoxy) is 3. The molecule has 0 aromatic carbocycles. The van der Waals surface area contributed by atoms with Crippen LogP contribution in [0.4, 0.5) is 0 Å². The summed E-state index contributed by atoms with van der Waals surface area (Å²) < 4.78 is 15.3. The topological polar surface area (TPSA) is 126 Å². The predicted octanol–water partition coefficient (Wildman–Crippen LogP) is -1.98. The highest BCUT2D eigenvalue weighted by atomic mass is 16.7. The zero-order valence-corrected chi connectivity index (χ0v) is 11.1. The van der Waals surface area contributed by atoms with Crippen LogP contribution in [-0.2, 0) is 19.0 Å². The molecule has 20 heavy (non-hydrogen) atoms. The molecule has 0 radical (unpaired) electrons. The molecule has 2 heterocycles. The minimum absolute atomic E-state index is 0.0955. The van der Waals surface area contributed by atoms with Gasteiger partial charge in [0.05, 0.1) is 6.61 Å². The molecule has 1 fully saturated rings. The first-order valence-corrected chi connectivity index (χ1v) is 6.25. The smallest absolute Gasteiger partial charge is 0.374 e. The molecule has 114 valence electrons. The normalized spacial score (nSPS) is 41.8. The van der Waals surface area contributed by atoms with Gasteiger partial charge in [0.15, 0.2) is 0 Å². The van der Waals surface area contributed by atoms with Crippen molar-refractivity contribution >= 4 is 5.97 Å². The van der Waals surface area contributed by atoms with Crippen molar-refractivity contribution in [2.45, 2.75) is 50.7 Å². The number of cyclic esters (lactones) is 1. The van der Waals surface area contributed by atoms with Crippen molar-refractivity contribution < 1.29 is 39.4 Å². The van der Waals surface area contributed by atoms with Crippen LogP contribution in [0.1, 0.15) is 13.8 Å². The van der Waals surface area contributed by atoms with E-state index >= 15 is 0 Å². The van der Waals surface area contributed by atoms with Gasteiger partial charge < -0.3 is 34.6 Å². The van der Waals surface area contributed by atoms with Gasteiger partial charge in [0.25, 0.3) is 0 Å². The molecule has 0 saturated carbocycles. The van der Waals surface area contributed by atoms with E-state index in [1.165, 1.54) is 0 Å². The van der Waals surface area contributed by atoms with E-state index in [4.69, 9.17) is 19.3 Å². The Kier molecular flexibility index (Phi) is 4.31. The van der Waals surface area contributed by atoms with E-state index in [1.807, 2.05) is 0 Å². The summed E-state index contributed by atoms with van der Waals surface area (Å²) in [7, 11) is 0. The van der Waals surface area contributed by atoms with E-state index in [9.17, 15) is 20.1 Å². The number of aliphatic hydroxyl groups is 4. The van der Waals surface area contributed by atoms with Crippen LogP contribution in [0.5, 0.6) is 0 Å². The Morgan fingerprint density at radius 2 is 1.85 bits per heavy atom. The second-order valence-electron chi connectivity index (χ2n) is 4.87. The molecule has 6 atom stereocenters. The van der Waals surface area contributed by atoms with Gasteiger partial charge in [0.2, 0.25) is 12.0 Å². The van der Waals surface area contributed by atoms with Gasteiger partial charge in [-0.15, -0.1) is 0 Å². The maximum Gasteiger partial charge on any atom is 0.374 e. The fraction of sp³-hybridized carbons (Fsp3) is 0.750. The summed E-state index contributed by atoms with van der Waals surface area (Å²) in [5.74, 6) is -0.784. The first-order chi connectivity index (χ1) is 9.36. The lowest BCUT2D eigenvalue weighted by Gasteiger charge is -2.39. The second-order valence-corrected chi connectivity index (χ2v) is 4.87. The molecule has 8 nitrogen and oxygen atoms in total. The summed E-state index contributed by atoms with van der Waals surface area (Å²) in [6, 6.07) is 0. The van der Waals surface area contributed by atoms with E-state index in [0.717, 1.165) is 0 Å². The lowest BCUT2D eigenvalue weighted by atomic mass is 9.99. The molecule has 0 bridgehead atoms. The van der Waals surface area contributed by atoms with Gasteiger partial charge in [-0.2, -0.15) is 0 Å². The molecule has 0 aliphatic carbocycles. The number of hydrogen-bond acceptors (Lipinski definition) is 8. The van der Waals surface area contributed by atoms with Gasteiger partial charge in [-0.05, 0) is 13.8 Å². The lowest BCUT2D eigenvalue weighted by Crippen LogP contribution is -2.59. The van der Waals surface area contributed by atoms with Gasteiger partial charge >= 0.3 is 5.97 Å². The largest absolute Gasteiger partial charge is 0.454 e. The molecule has 1 unspecified atom stereocenters. The molecule has 2 aliphatic rings. The molecular weight excluding hydrogens is 272 g/mol. The average Bonchev–Trinajstić information content (AvgIpc) is 2.65. The van der Waals surface area contributed by atoms with E-state index in [-0.39, 0.29) is 5.76 Å². The minimum atomic E-state index is -1.56. The predicted molar refractivity (Wildman–Crippen MR) is 63.1 cm³/mol. The van der Waals surface area contributed by atoms with Gasteiger partial charge in [0, 0.05) is 5.57 Å². The van der Waals surface area contributed by atoms with Crippen LogP contribution in [0.3, 0.4) is 0 Å². The lowest BCUT2D eigenvalue weighted by molar-refractivity contribution is -0.291. The monoisotopic (exact) mass is 290 g/mol. The van der Waals surface area contributed by atoms with Crippen molar-refractivity contribution in [3.8, 4) is 0 Å². The molecule has 2 aliphatic heterocycles. The van der Waals surface area contributed by atoms with Crippen LogP contribution >= 0.6 is 0 Å². The molecule has 0 spiro atoms. The summed E-state index contributed by atoms with van der Waals surface area (Å²) >= 11 is 0. The fourth-order valence-corrected chi connectivity index (χ4v) is 2.07. The maximum atomic E-state index is 11.6. The SMILES string of the molecule is CC1=C(O[C@@H]2O[C@H](CO)[C@@H](O)[C@H](O)[C@H]2O)C(=O)OC1C. The first-order valence-electron chi connectivity index (χ1n) is 6.25. The average molecular weight is 290 g/mol. The first kappa shape index (κ1) is 15.2. The number of rotatable bonds is 3. The Balaban J connectivity index is 2.14. The van der Waals surface area contributed by atoms with Gasteiger partial charge in [0.1, 0.15) is 30.5 Å². The maximum absolute atomic E-state index is 11.6. The third-order valence-corrected chi connectivity index (χ3v) is 3.52. The minimum Gasteiger partial charge on any atom is -0.454 e. The number of carbonyl (C=O) groups is 1. The van der Waals surface area contributed by atoms with Crippen molar-refractivity contribution in [2.24, 2.45) is 0 Å². The molecular formula is C12H18O8. The summed E-state index contributed by atoms with van der Waals surface area (Å²) in [4.78, 5) is 11.6. The molecule has 8 heteroatoms. The molecule has 2 rings (SSSR count). The Hall–Kier alpha value is -1.19. The quantitative estimate of drug-likeness (QED) is 0.441. The standard InChI is InChI=1S/C12H18O8/c1-4-5(2)18-11(17)10(4)20-12-9(16)8(15)7(14)6(3-13)19-12/h5-9,12-16H,3H2,1-2H3/t5?,6-,7-,8+,9-,12+/m1/s1. The van der Waals surface area contributed by atoms with Crippen LogP contribution in [0.15, 0.2) is 11.3 Å². The number of aliphatic hydroxyl groups excluding tert-OH is 4. The van der Waals surface area contributed by atoms with Crippen LogP contribution in [0, 0.1) is 0 Å². The Morgan fingerprint density at radius 3 is 2.35 bits per heavy atom. The van der Waals surface area contributed by atoms with Gasteiger partial charge in [-0.25, -0.2) is 4.79 Å². The third kappa shape index (κ3) is 2.52. The highest BCUT2D eigenvalue weighted by Crippen LogP contribution is 2.28. The summed E-state index contributed by atoms with van der Waals surface area (Å²) in [5.41, 5.74) is 0.534. The van der Waals surface area contributed by atoms with Gasteiger partial charge in [-0.3, -0.25) is 0 Å². The van der Waals surface area contributed by atoms with E-state index in [0.29, 0.717) is 5.57 Å². The van der Waals surface area contributed by atoms with Crippen molar-refractivity contribution in [3.05, 3.63) is 11.3 Å². The Bertz CT molecular complexity index is 418. The Labute approximate surface area is 115 Å². The van der Waals surface area contributed by atoms with Crippen molar-refractivity contribution in [2.75, 3.05) is 6.61 Å². The van der Waals surface area contributed by atoms with Crippen molar-refractivity contribution in [3.63, 3.8) is 0 Å².